The van der Waals surface area contributed by atoms with Gasteiger partial charge in [-0.3, -0.25) is 25.1 Å². The second-order valence-corrected chi connectivity index (χ2v) is 6.87. The second-order valence-electron chi connectivity index (χ2n) is 6.87. The first kappa shape index (κ1) is 19.7. The number of rotatable bonds is 7. The van der Waals surface area contributed by atoms with Gasteiger partial charge < -0.3 is 10.2 Å². The number of non-ortho nitro benzene ring substituents is 1. The average Bonchev–Trinajstić information content (AvgIpc) is 2.69. The smallest absolute Gasteiger partial charge is 0.299 e. The van der Waals surface area contributed by atoms with Crippen LogP contribution in [0.25, 0.3) is 0 Å². The number of likely N-dealkylation sites (N-methyl/N-ethyl adjacent to an activating group) is 1. The van der Waals surface area contributed by atoms with E-state index in [9.17, 15) is 20.2 Å². The molecule has 1 atom stereocenters. The van der Waals surface area contributed by atoms with Gasteiger partial charge in [-0.2, -0.15) is 0 Å². The zero-order chi connectivity index (χ0) is 20.1. The zero-order valence-corrected chi connectivity index (χ0v) is 15.7. The van der Waals surface area contributed by atoms with Crippen molar-refractivity contribution in [3.63, 3.8) is 0 Å². The third kappa shape index (κ3) is 4.62. The van der Waals surface area contributed by atoms with E-state index in [-0.39, 0.29) is 17.4 Å². The Hall–Kier alpha value is -3.04. The van der Waals surface area contributed by atoms with Crippen LogP contribution in [-0.4, -0.2) is 59.4 Å². The predicted molar refractivity (Wildman–Crippen MR) is 106 cm³/mol. The van der Waals surface area contributed by atoms with Crippen LogP contribution in [0.1, 0.15) is 11.6 Å². The largest absolute Gasteiger partial charge is 0.378 e. The maximum atomic E-state index is 11.3. The number of anilines is 1. The molecule has 9 nitrogen and oxygen atoms in total. The van der Waals surface area contributed by atoms with Crippen molar-refractivity contribution in [3.8, 4) is 0 Å². The molecule has 0 radical (unpaired) electrons. The van der Waals surface area contributed by atoms with Gasteiger partial charge in [0.25, 0.3) is 11.4 Å². The van der Waals surface area contributed by atoms with E-state index in [0.717, 1.165) is 25.7 Å². The standard InChI is InChI=1S/C19H23N5O4/c1-21-11-12-22(19(14-21)15-5-3-2-4-6-15)10-9-20-17-8-7-16(23(25)26)13-18(17)24(27)28/h2-8,13,19-20H,9-12,14H2,1H3/t19-/m0/s1. The molecule has 28 heavy (non-hydrogen) atoms. The van der Waals surface area contributed by atoms with Gasteiger partial charge in [0.1, 0.15) is 5.69 Å². The van der Waals surface area contributed by atoms with Crippen molar-refractivity contribution in [2.75, 3.05) is 45.1 Å². The Kier molecular flexibility index (Phi) is 6.17. The number of nitrogens with zero attached hydrogens (tertiary/aromatic N) is 4. The summed E-state index contributed by atoms with van der Waals surface area (Å²) in [6, 6.07) is 14.2. The van der Waals surface area contributed by atoms with Crippen LogP contribution in [-0.2, 0) is 0 Å². The summed E-state index contributed by atoms with van der Waals surface area (Å²) in [7, 11) is 2.10. The number of hydrogen-bond acceptors (Lipinski definition) is 7. The maximum Gasteiger partial charge on any atom is 0.299 e. The summed E-state index contributed by atoms with van der Waals surface area (Å²) < 4.78 is 0. The number of nitro groups is 2. The molecule has 0 amide bonds. The van der Waals surface area contributed by atoms with Crippen molar-refractivity contribution in [1.29, 1.82) is 0 Å². The molecule has 2 aromatic rings. The molecule has 0 bridgehead atoms. The Bertz CT molecular complexity index is 845. The third-order valence-corrected chi connectivity index (χ3v) is 4.98. The molecular formula is C19H23N5O4. The molecule has 0 unspecified atom stereocenters. The van der Waals surface area contributed by atoms with Crippen LogP contribution >= 0.6 is 0 Å². The highest BCUT2D eigenvalue weighted by Gasteiger charge is 2.26. The minimum Gasteiger partial charge on any atom is -0.378 e. The highest BCUT2D eigenvalue weighted by atomic mass is 16.6. The Labute approximate surface area is 162 Å². The van der Waals surface area contributed by atoms with Gasteiger partial charge in [-0.15, -0.1) is 0 Å². The number of nitrogens with one attached hydrogen (secondary N) is 1. The van der Waals surface area contributed by atoms with Crippen LogP contribution in [0.3, 0.4) is 0 Å². The molecule has 0 aliphatic carbocycles. The van der Waals surface area contributed by atoms with E-state index in [1.54, 1.807) is 0 Å². The van der Waals surface area contributed by atoms with Gasteiger partial charge in [-0.05, 0) is 18.7 Å². The first-order valence-electron chi connectivity index (χ1n) is 9.10. The number of benzene rings is 2. The van der Waals surface area contributed by atoms with E-state index in [1.807, 2.05) is 18.2 Å². The molecule has 1 aliphatic heterocycles. The number of hydrogen-bond donors (Lipinski definition) is 1. The quantitative estimate of drug-likeness (QED) is 0.577. The van der Waals surface area contributed by atoms with Crippen molar-refractivity contribution in [1.82, 2.24) is 9.80 Å². The van der Waals surface area contributed by atoms with Crippen molar-refractivity contribution < 1.29 is 9.85 Å². The Balaban J connectivity index is 1.68. The summed E-state index contributed by atoms with van der Waals surface area (Å²) in [5.74, 6) is 0. The van der Waals surface area contributed by atoms with Crippen molar-refractivity contribution >= 4 is 17.1 Å². The zero-order valence-electron chi connectivity index (χ0n) is 15.7. The van der Waals surface area contributed by atoms with E-state index in [0.29, 0.717) is 18.8 Å². The normalized spacial score (nSPS) is 18.0. The van der Waals surface area contributed by atoms with Crippen molar-refractivity contribution in [2.24, 2.45) is 0 Å². The summed E-state index contributed by atoms with van der Waals surface area (Å²) in [6.45, 7) is 4.00. The lowest BCUT2D eigenvalue weighted by molar-refractivity contribution is -0.393. The molecule has 1 saturated heterocycles. The minimum atomic E-state index is -0.633. The molecule has 1 fully saturated rings. The maximum absolute atomic E-state index is 11.3. The molecular weight excluding hydrogens is 362 g/mol. The lowest BCUT2D eigenvalue weighted by Crippen LogP contribution is -2.48. The summed E-state index contributed by atoms with van der Waals surface area (Å²) in [4.78, 5) is 25.5. The van der Waals surface area contributed by atoms with Gasteiger partial charge in [0.05, 0.1) is 15.9 Å². The minimum absolute atomic E-state index is 0.258. The molecule has 3 rings (SSSR count). The van der Waals surface area contributed by atoms with Gasteiger partial charge >= 0.3 is 0 Å². The Morgan fingerprint density at radius 2 is 1.82 bits per heavy atom. The van der Waals surface area contributed by atoms with E-state index >= 15 is 0 Å². The highest BCUT2D eigenvalue weighted by Crippen LogP contribution is 2.29. The topological polar surface area (TPSA) is 105 Å². The predicted octanol–water partition coefficient (Wildman–Crippen LogP) is 2.90. The molecule has 148 valence electrons. The van der Waals surface area contributed by atoms with Gasteiger partial charge in [0, 0.05) is 44.8 Å². The van der Waals surface area contributed by atoms with Crippen LogP contribution in [0.15, 0.2) is 48.5 Å². The highest BCUT2D eigenvalue weighted by molar-refractivity contribution is 5.65. The molecule has 1 N–H and O–H groups in total. The van der Waals surface area contributed by atoms with E-state index < -0.39 is 9.85 Å². The van der Waals surface area contributed by atoms with E-state index in [2.05, 4.69) is 34.3 Å². The summed E-state index contributed by atoms with van der Waals surface area (Å²) >= 11 is 0. The first-order valence-corrected chi connectivity index (χ1v) is 9.10. The first-order chi connectivity index (χ1) is 13.5. The fourth-order valence-corrected chi connectivity index (χ4v) is 3.48. The van der Waals surface area contributed by atoms with Crippen LogP contribution in [0.2, 0.25) is 0 Å². The van der Waals surface area contributed by atoms with Gasteiger partial charge in [0.15, 0.2) is 0 Å². The molecule has 0 aromatic heterocycles. The lowest BCUT2D eigenvalue weighted by Gasteiger charge is -2.40. The van der Waals surface area contributed by atoms with Gasteiger partial charge in [-0.25, -0.2) is 0 Å². The lowest BCUT2D eigenvalue weighted by atomic mass is 10.0. The average molecular weight is 385 g/mol. The molecule has 1 aliphatic rings. The third-order valence-electron chi connectivity index (χ3n) is 4.98. The molecule has 0 saturated carbocycles. The fraction of sp³-hybridized carbons (Fsp3) is 0.368. The fourth-order valence-electron chi connectivity index (χ4n) is 3.48. The van der Waals surface area contributed by atoms with Crippen LogP contribution in [0, 0.1) is 20.2 Å². The number of piperazine rings is 1. The SMILES string of the molecule is CN1CCN(CCNc2ccc([N+](=O)[O-])cc2[N+](=O)[O-])[C@H](c2ccccc2)C1. The van der Waals surface area contributed by atoms with Gasteiger partial charge in [0.2, 0.25) is 0 Å². The van der Waals surface area contributed by atoms with Crippen molar-refractivity contribution in [3.05, 3.63) is 74.3 Å². The summed E-state index contributed by atoms with van der Waals surface area (Å²) in [6.07, 6.45) is 0. The molecule has 9 heteroatoms. The Morgan fingerprint density at radius 3 is 2.50 bits per heavy atom. The van der Waals surface area contributed by atoms with Crippen LogP contribution in [0.4, 0.5) is 17.1 Å². The monoisotopic (exact) mass is 385 g/mol. The number of nitro benzene ring substituents is 2. The summed E-state index contributed by atoms with van der Waals surface area (Å²) in [5, 5.41) is 25.2. The van der Waals surface area contributed by atoms with Crippen LogP contribution in [0.5, 0.6) is 0 Å². The van der Waals surface area contributed by atoms with Crippen molar-refractivity contribution in [2.45, 2.75) is 6.04 Å². The second kappa shape index (κ2) is 8.77. The van der Waals surface area contributed by atoms with Gasteiger partial charge in [-0.1, -0.05) is 30.3 Å². The molecule has 2 aromatic carbocycles. The molecule has 1 heterocycles. The molecule has 0 spiro atoms. The summed E-state index contributed by atoms with van der Waals surface area (Å²) in [5.41, 5.74) is 0.962. The van der Waals surface area contributed by atoms with E-state index in [4.69, 9.17) is 0 Å². The Morgan fingerprint density at radius 1 is 1.07 bits per heavy atom. The van der Waals surface area contributed by atoms with Crippen LogP contribution < -0.4 is 5.32 Å². The van der Waals surface area contributed by atoms with E-state index in [1.165, 1.54) is 17.7 Å².